The largest absolute Gasteiger partial charge is 0.411 e. The van der Waals surface area contributed by atoms with E-state index >= 15 is 0 Å². The van der Waals surface area contributed by atoms with Crippen LogP contribution in [0.2, 0.25) is 0 Å². The molecule has 0 heterocycles. The van der Waals surface area contributed by atoms with Gasteiger partial charge in [-0.05, 0) is 6.92 Å². The van der Waals surface area contributed by atoms with E-state index in [1.807, 2.05) is 6.92 Å². The molecule has 0 radical (unpaired) electrons. The van der Waals surface area contributed by atoms with E-state index in [4.69, 9.17) is 4.74 Å². The number of rotatable bonds is 7. The lowest BCUT2D eigenvalue weighted by Gasteiger charge is -2.11. The van der Waals surface area contributed by atoms with Crippen LogP contribution in [0, 0.1) is 0 Å². The van der Waals surface area contributed by atoms with Crippen LogP contribution in [0.3, 0.4) is 0 Å². The molecule has 0 aliphatic rings. The summed E-state index contributed by atoms with van der Waals surface area (Å²) in [5.41, 5.74) is 0. The van der Waals surface area contributed by atoms with Crippen LogP contribution in [-0.4, -0.2) is 45.7 Å². The van der Waals surface area contributed by atoms with E-state index in [9.17, 15) is 13.2 Å². The number of halogens is 3. The van der Waals surface area contributed by atoms with Crippen molar-refractivity contribution >= 4 is 0 Å². The van der Waals surface area contributed by atoms with Gasteiger partial charge in [-0.25, -0.2) is 0 Å². The van der Waals surface area contributed by atoms with Crippen LogP contribution in [0.25, 0.3) is 0 Å². The Labute approximate surface area is 81.6 Å². The van der Waals surface area contributed by atoms with Crippen molar-refractivity contribution < 1.29 is 22.6 Å². The summed E-state index contributed by atoms with van der Waals surface area (Å²) in [7, 11) is 1.58. The van der Waals surface area contributed by atoms with Gasteiger partial charge in [-0.3, -0.25) is 0 Å². The predicted octanol–water partition coefficient (Wildman–Crippen LogP) is 1.19. The average molecular weight is 215 g/mol. The number of ether oxygens (including phenoxy) is 2. The summed E-state index contributed by atoms with van der Waals surface area (Å²) in [4.78, 5) is 0. The number of alkyl halides is 3. The van der Waals surface area contributed by atoms with Gasteiger partial charge in [0.25, 0.3) is 0 Å². The predicted molar refractivity (Wildman–Crippen MR) is 46.2 cm³/mol. The molecule has 0 bridgehead atoms. The second-order valence-electron chi connectivity index (χ2n) is 2.92. The van der Waals surface area contributed by atoms with Crippen molar-refractivity contribution in [3.8, 4) is 0 Å². The zero-order chi connectivity index (χ0) is 11.0. The maximum atomic E-state index is 11.6. The van der Waals surface area contributed by atoms with Crippen LogP contribution in [0.5, 0.6) is 0 Å². The van der Waals surface area contributed by atoms with Gasteiger partial charge >= 0.3 is 6.18 Å². The molecule has 6 heteroatoms. The highest BCUT2D eigenvalue weighted by Gasteiger charge is 2.27. The molecule has 0 aromatic heterocycles. The molecule has 0 fully saturated rings. The lowest BCUT2D eigenvalue weighted by Crippen LogP contribution is -2.30. The zero-order valence-electron chi connectivity index (χ0n) is 8.36. The molecule has 0 aliphatic heterocycles. The maximum Gasteiger partial charge on any atom is 0.411 e. The molecule has 0 amide bonds. The van der Waals surface area contributed by atoms with E-state index in [2.05, 4.69) is 10.1 Å². The third-order valence-corrected chi connectivity index (χ3v) is 1.52. The first-order chi connectivity index (χ1) is 6.45. The van der Waals surface area contributed by atoms with Crippen molar-refractivity contribution in [1.82, 2.24) is 5.32 Å². The summed E-state index contributed by atoms with van der Waals surface area (Å²) in [6, 6.07) is 0. The van der Waals surface area contributed by atoms with Gasteiger partial charge in [0, 0.05) is 20.2 Å². The molecule has 1 N–H and O–H groups in total. The Bertz CT molecular complexity index is 141. The lowest BCUT2D eigenvalue weighted by molar-refractivity contribution is -0.173. The Balaban J connectivity index is 3.14. The standard InChI is InChI=1S/C8H16F3NO2/c1-7(13-2)5-12-3-4-14-6-8(9,10)11/h7,12H,3-6H2,1-2H3. The van der Waals surface area contributed by atoms with E-state index < -0.39 is 12.8 Å². The second kappa shape index (κ2) is 7.03. The van der Waals surface area contributed by atoms with Gasteiger partial charge < -0.3 is 14.8 Å². The molecule has 3 nitrogen and oxygen atoms in total. The topological polar surface area (TPSA) is 30.5 Å². The first-order valence-electron chi connectivity index (χ1n) is 4.33. The van der Waals surface area contributed by atoms with Crippen LogP contribution >= 0.6 is 0 Å². The summed E-state index contributed by atoms with van der Waals surface area (Å²) in [6.07, 6.45) is -4.18. The molecule has 0 saturated carbocycles. The first-order valence-corrected chi connectivity index (χ1v) is 4.33. The summed E-state index contributed by atoms with van der Waals surface area (Å²) in [5.74, 6) is 0. The highest BCUT2D eigenvalue weighted by molar-refractivity contribution is 4.54. The van der Waals surface area contributed by atoms with Crippen molar-refractivity contribution in [1.29, 1.82) is 0 Å². The van der Waals surface area contributed by atoms with E-state index in [1.54, 1.807) is 7.11 Å². The molecular formula is C8H16F3NO2. The minimum atomic E-state index is -4.24. The number of methoxy groups -OCH3 is 1. The second-order valence-corrected chi connectivity index (χ2v) is 2.92. The Kier molecular flexibility index (Phi) is 6.86. The zero-order valence-corrected chi connectivity index (χ0v) is 8.36. The fourth-order valence-electron chi connectivity index (χ4n) is 0.721. The Morgan fingerprint density at radius 3 is 2.50 bits per heavy atom. The minimum Gasteiger partial charge on any atom is -0.380 e. The quantitative estimate of drug-likeness (QED) is 0.647. The Hall–Kier alpha value is -0.330. The SMILES string of the molecule is COC(C)CNCCOCC(F)(F)F. The summed E-state index contributed by atoms with van der Waals surface area (Å²) in [5, 5.41) is 2.90. The number of hydrogen-bond acceptors (Lipinski definition) is 3. The summed E-state index contributed by atoms with van der Waals surface area (Å²) >= 11 is 0. The highest BCUT2D eigenvalue weighted by atomic mass is 19.4. The lowest BCUT2D eigenvalue weighted by atomic mass is 10.4. The van der Waals surface area contributed by atoms with Crippen LogP contribution in [0.1, 0.15) is 6.92 Å². The molecule has 0 aromatic rings. The third-order valence-electron chi connectivity index (χ3n) is 1.52. The average Bonchev–Trinajstić information content (AvgIpc) is 2.08. The molecule has 0 saturated heterocycles. The fourth-order valence-corrected chi connectivity index (χ4v) is 0.721. The number of hydrogen-bond donors (Lipinski definition) is 1. The van der Waals surface area contributed by atoms with Crippen molar-refractivity contribution in [2.75, 3.05) is 33.4 Å². The van der Waals surface area contributed by atoms with Gasteiger partial charge in [-0.2, -0.15) is 13.2 Å². The molecule has 86 valence electrons. The van der Waals surface area contributed by atoms with Crippen molar-refractivity contribution in [3.63, 3.8) is 0 Å². The third kappa shape index (κ3) is 9.76. The molecule has 0 rings (SSSR count). The fraction of sp³-hybridized carbons (Fsp3) is 1.00. The summed E-state index contributed by atoms with van der Waals surface area (Å²) in [6.45, 7) is 1.73. The van der Waals surface area contributed by atoms with Gasteiger partial charge in [0.2, 0.25) is 0 Å². The van der Waals surface area contributed by atoms with Crippen molar-refractivity contribution in [2.24, 2.45) is 0 Å². The van der Waals surface area contributed by atoms with Gasteiger partial charge in [-0.1, -0.05) is 0 Å². The minimum absolute atomic E-state index is 0.0515. The Morgan fingerprint density at radius 2 is 2.00 bits per heavy atom. The van der Waals surface area contributed by atoms with Crippen LogP contribution in [0.15, 0.2) is 0 Å². The van der Waals surface area contributed by atoms with Gasteiger partial charge in [0.1, 0.15) is 6.61 Å². The van der Waals surface area contributed by atoms with Crippen LogP contribution in [0.4, 0.5) is 13.2 Å². The number of nitrogens with one attached hydrogen (secondary N) is 1. The monoisotopic (exact) mass is 215 g/mol. The van der Waals surface area contributed by atoms with E-state index in [1.165, 1.54) is 0 Å². The van der Waals surface area contributed by atoms with Crippen molar-refractivity contribution in [3.05, 3.63) is 0 Å². The van der Waals surface area contributed by atoms with Crippen molar-refractivity contribution in [2.45, 2.75) is 19.2 Å². The highest BCUT2D eigenvalue weighted by Crippen LogP contribution is 2.13. The maximum absolute atomic E-state index is 11.6. The smallest absolute Gasteiger partial charge is 0.380 e. The molecule has 0 spiro atoms. The van der Waals surface area contributed by atoms with E-state index in [-0.39, 0.29) is 12.7 Å². The van der Waals surface area contributed by atoms with E-state index in [0.717, 1.165) is 0 Å². The van der Waals surface area contributed by atoms with Crippen LogP contribution in [-0.2, 0) is 9.47 Å². The van der Waals surface area contributed by atoms with Gasteiger partial charge in [-0.15, -0.1) is 0 Å². The molecule has 0 aromatic carbocycles. The van der Waals surface area contributed by atoms with Gasteiger partial charge in [0.05, 0.1) is 12.7 Å². The molecule has 0 aliphatic carbocycles. The normalized spacial score (nSPS) is 14.4. The summed E-state index contributed by atoms with van der Waals surface area (Å²) < 4.78 is 44.1. The molecule has 1 atom stereocenters. The van der Waals surface area contributed by atoms with E-state index in [0.29, 0.717) is 13.1 Å². The molecule has 1 unspecified atom stereocenters. The molecular weight excluding hydrogens is 199 g/mol. The van der Waals surface area contributed by atoms with Crippen LogP contribution < -0.4 is 5.32 Å². The Morgan fingerprint density at radius 1 is 1.36 bits per heavy atom. The first kappa shape index (κ1) is 13.7. The van der Waals surface area contributed by atoms with Gasteiger partial charge in [0.15, 0.2) is 0 Å². The molecule has 14 heavy (non-hydrogen) atoms.